The number of thiocarbonyl (C=S) groups is 1. The van der Waals surface area contributed by atoms with Crippen LogP contribution < -0.4 is 20.3 Å². The Morgan fingerprint density at radius 1 is 1.05 bits per heavy atom. The fraction of sp³-hybridized carbons (Fsp3) is 0.207. The van der Waals surface area contributed by atoms with Crippen molar-refractivity contribution in [1.82, 2.24) is 14.9 Å². The van der Waals surface area contributed by atoms with Crippen molar-refractivity contribution in [3.05, 3.63) is 108 Å². The lowest BCUT2D eigenvalue weighted by molar-refractivity contribution is -0.118. The zero-order chi connectivity index (χ0) is 25.9. The number of aromatic nitrogens is 2. The van der Waals surface area contributed by atoms with Gasteiger partial charge in [-0.15, -0.1) is 0 Å². The average Bonchev–Trinajstić information content (AvgIpc) is 3.39. The molecule has 0 radical (unpaired) electrons. The zero-order valence-corrected chi connectivity index (χ0v) is 21.8. The molecule has 2 aromatic carbocycles. The molecule has 3 heterocycles. The lowest BCUT2D eigenvalue weighted by Gasteiger charge is -2.28. The molecule has 1 amide bonds. The van der Waals surface area contributed by atoms with Gasteiger partial charge >= 0.3 is 0 Å². The molecule has 1 aliphatic rings. The molecular weight excluding hydrogens is 482 g/mol. The Bertz CT molecular complexity index is 1400. The Kier molecular flexibility index (Phi) is 6.92. The third-order valence-electron chi connectivity index (χ3n) is 6.77. The van der Waals surface area contributed by atoms with Crippen molar-refractivity contribution >= 4 is 34.6 Å². The van der Waals surface area contributed by atoms with E-state index in [-0.39, 0.29) is 24.6 Å². The molecule has 188 valence electrons. The first-order valence-electron chi connectivity index (χ1n) is 12.1. The second kappa shape index (κ2) is 10.4. The van der Waals surface area contributed by atoms with Gasteiger partial charge in [-0.05, 0) is 86.2 Å². The van der Waals surface area contributed by atoms with Crippen LogP contribution in [0.15, 0.2) is 85.1 Å². The highest BCUT2D eigenvalue weighted by Crippen LogP contribution is 2.43. The van der Waals surface area contributed by atoms with Gasteiger partial charge in [0.2, 0.25) is 0 Å². The van der Waals surface area contributed by atoms with E-state index in [2.05, 4.69) is 52.0 Å². The minimum absolute atomic E-state index is 0.0631. The van der Waals surface area contributed by atoms with Crippen molar-refractivity contribution in [2.24, 2.45) is 7.05 Å². The second-order valence-corrected chi connectivity index (χ2v) is 9.47. The van der Waals surface area contributed by atoms with Gasteiger partial charge in [0.05, 0.1) is 17.8 Å². The van der Waals surface area contributed by atoms with Gasteiger partial charge < -0.3 is 24.8 Å². The number of amides is 1. The summed E-state index contributed by atoms with van der Waals surface area (Å²) in [6, 6.07) is 25.0. The number of anilines is 2. The number of hydrogen-bond donors (Lipinski definition) is 2. The van der Waals surface area contributed by atoms with Gasteiger partial charge in [0.1, 0.15) is 5.75 Å². The number of aryl methyl sites for hydroxylation is 1. The third kappa shape index (κ3) is 5.06. The average molecular weight is 512 g/mol. The number of nitrogens with one attached hydrogen (secondary N) is 2. The largest absolute Gasteiger partial charge is 0.484 e. The summed E-state index contributed by atoms with van der Waals surface area (Å²) in [6.07, 6.45) is 1.81. The zero-order valence-electron chi connectivity index (χ0n) is 21.0. The lowest BCUT2D eigenvalue weighted by atomic mass is 9.96. The highest BCUT2D eigenvalue weighted by molar-refractivity contribution is 7.80. The summed E-state index contributed by atoms with van der Waals surface area (Å²) in [5.41, 5.74) is 6.11. The number of benzene rings is 2. The molecule has 2 N–H and O–H groups in total. The van der Waals surface area contributed by atoms with E-state index in [0.29, 0.717) is 16.5 Å². The molecule has 0 saturated carbocycles. The van der Waals surface area contributed by atoms with E-state index in [4.69, 9.17) is 17.0 Å². The SMILES string of the molecule is Cc1cc(C2C(c3ccccn3)NC(=S)N2c2ccc(NC(=O)COc3ccccc3)cc2)c(C)n1C. The monoisotopic (exact) mass is 511 g/mol. The first kappa shape index (κ1) is 24.5. The fourth-order valence-electron chi connectivity index (χ4n) is 4.70. The van der Waals surface area contributed by atoms with Crippen LogP contribution in [0.2, 0.25) is 0 Å². The molecule has 1 fully saturated rings. The Morgan fingerprint density at radius 2 is 1.78 bits per heavy atom. The number of ether oxygens (including phenoxy) is 1. The molecule has 0 spiro atoms. The van der Waals surface area contributed by atoms with Gasteiger partial charge in [-0.3, -0.25) is 9.78 Å². The van der Waals surface area contributed by atoms with E-state index >= 15 is 0 Å². The van der Waals surface area contributed by atoms with E-state index < -0.39 is 0 Å². The molecule has 7 nitrogen and oxygen atoms in total. The smallest absolute Gasteiger partial charge is 0.262 e. The lowest BCUT2D eigenvalue weighted by Crippen LogP contribution is -2.29. The molecule has 5 rings (SSSR count). The van der Waals surface area contributed by atoms with Crippen LogP contribution in [-0.4, -0.2) is 27.2 Å². The van der Waals surface area contributed by atoms with E-state index in [9.17, 15) is 4.79 Å². The number of carbonyl (C=O) groups is 1. The van der Waals surface area contributed by atoms with Crippen LogP contribution in [-0.2, 0) is 11.8 Å². The minimum Gasteiger partial charge on any atom is -0.484 e. The number of hydrogen-bond acceptors (Lipinski definition) is 4. The van der Waals surface area contributed by atoms with Crippen molar-refractivity contribution in [1.29, 1.82) is 0 Å². The molecule has 37 heavy (non-hydrogen) atoms. The van der Waals surface area contributed by atoms with Crippen LogP contribution in [0.4, 0.5) is 11.4 Å². The van der Waals surface area contributed by atoms with E-state index in [1.807, 2.05) is 79.0 Å². The summed E-state index contributed by atoms with van der Waals surface area (Å²) >= 11 is 5.84. The van der Waals surface area contributed by atoms with Crippen LogP contribution in [0.5, 0.6) is 5.75 Å². The summed E-state index contributed by atoms with van der Waals surface area (Å²) in [6.45, 7) is 4.18. The van der Waals surface area contributed by atoms with Crippen molar-refractivity contribution < 1.29 is 9.53 Å². The van der Waals surface area contributed by atoms with Crippen molar-refractivity contribution in [3.63, 3.8) is 0 Å². The summed E-state index contributed by atoms with van der Waals surface area (Å²) in [7, 11) is 2.08. The first-order valence-corrected chi connectivity index (χ1v) is 12.5. The number of nitrogens with zero attached hydrogens (tertiary/aromatic N) is 3. The summed E-state index contributed by atoms with van der Waals surface area (Å²) < 4.78 is 7.74. The standard InChI is InChI=1S/C29H29N5O2S/c1-19-17-24(20(2)33(19)3)28-27(25-11-7-8-16-30-25)32-29(37)34(28)22-14-12-21(13-15-22)31-26(35)18-36-23-9-5-4-6-10-23/h4-17,27-28H,18H2,1-3H3,(H,31,35)(H,32,37). The molecule has 0 bridgehead atoms. The Hall–Kier alpha value is -4.17. The van der Waals surface area contributed by atoms with Crippen molar-refractivity contribution in [3.8, 4) is 5.75 Å². The van der Waals surface area contributed by atoms with Gasteiger partial charge in [-0.1, -0.05) is 24.3 Å². The highest BCUT2D eigenvalue weighted by Gasteiger charge is 2.42. The van der Waals surface area contributed by atoms with Crippen LogP contribution in [0, 0.1) is 13.8 Å². The first-order chi connectivity index (χ1) is 17.9. The Morgan fingerprint density at radius 3 is 2.43 bits per heavy atom. The van der Waals surface area contributed by atoms with Crippen molar-refractivity contribution in [2.45, 2.75) is 25.9 Å². The number of rotatable bonds is 7. The third-order valence-corrected chi connectivity index (χ3v) is 7.09. The molecule has 2 atom stereocenters. The summed E-state index contributed by atoms with van der Waals surface area (Å²) in [5.74, 6) is 0.432. The normalized spacial score (nSPS) is 16.9. The number of pyridine rings is 1. The maximum atomic E-state index is 12.4. The van der Waals surface area contributed by atoms with Crippen LogP contribution in [0.25, 0.3) is 0 Å². The van der Waals surface area contributed by atoms with Crippen LogP contribution in [0.1, 0.15) is 34.7 Å². The van der Waals surface area contributed by atoms with Gasteiger partial charge in [-0.2, -0.15) is 0 Å². The Balaban J connectivity index is 1.39. The number of para-hydroxylation sites is 1. The molecule has 1 aliphatic heterocycles. The molecule has 4 aromatic rings. The Labute approximate surface area is 222 Å². The maximum Gasteiger partial charge on any atom is 0.262 e. The van der Waals surface area contributed by atoms with Crippen LogP contribution in [0.3, 0.4) is 0 Å². The van der Waals surface area contributed by atoms with Gasteiger partial charge in [0.15, 0.2) is 11.7 Å². The predicted octanol–water partition coefficient (Wildman–Crippen LogP) is 5.23. The van der Waals surface area contributed by atoms with Gasteiger partial charge in [0.25, 0.3) is 5.91 Å². The highest BCUT2D eigenvalue weighted by atomic mass is 32.1. The topological polar surface area (TPSA) is 71.4 Å². The fourth-order valence-corrected chi connectivity index (χ4v) is 5.05. The molecule has 2 aromatic heterocycles. The minimum atomic E-state index is -0.224. The van der Waals surface area contributed by atoms with E-state index in [0.717, 1.165) is 11.4 Å². The molecular formula is C29H29N5O2S. The van der Waals surface area contributed by atoms with Crippen molar-refractivity contribution in [2.75, 3.05) is 16.8 Å². The molecule has 2 unspecified atom stereocenters. The maximum absolute atomic E-state index is 12.4. The molecule has 8 heteroatoms. The predicted molar refractivity (Wildman–Crippen MR) is 150 cm³/mol. The molecule has 0 aliphatic carbocycles. The summed E-state index contributed by atoms with van der Waals surface area (Å²) in [5, 5.41) is 7.03. The van der Waals surface area contributed by atoms with Gasteiger partial charge in [0, 0.05) is 36.0 Å². The van der Waals surface area contributed by atoms with Gasteiger partial charge in [-0.25, -0.2) is 0 Å². The number of carbonyl (C=O) groups excluding carboxylic acids is 1. The second-order valence-electron chi connectivity index (χ2n) is 9.08. The quantitative estimate of drug-likeness (QED) is 0.331. The molecule has 1 saturated heterocycles. The summed E-state index contributed by atoms with van der Waals surface area (Å²) in [4.78, 5) is 19.2. The van der Waals surface area contributed by atoms with E-state index in [1.54, 1.807) is 0 Å². The van der Waals surface area contributed by atoms with Crippen LogP contribution >= 0.6 is 12.2 Å². The van der Waals surface area contributed by atoms with E-state index in [1.165, 1.54) is 17.0 Å².